The molecule has 2 aromatic heterocycles. The molecule has 0 saturated carbocycles. The van der Waals surface area contributed by atoms with Gasteiger partial charge in [-0.1, -0.05) is 0 Å². The number of rotatable bonds is 3. The maximum atomic E-state index is 5.73. The number of pyridine rings is 1. The normalized spacial score (nSPS) is 13.3. The largest absolute Gasteiger partial charge is 0.346 e. The second-order valence-corrected chi connectivity index (χ2v) is 3.73. The molecule has 2 rings (SSSR count). The van der Waals surface area contributed by atoms with E-state index in [-0.39, 0.29) is 6.04 Å². The van der Waals surface area contributed by atoms with Crippen molar-refractivity contribution in [1.82, 2.24) is 9.97 Å². The lowest BCUT2D eigenvalue weighted by Crippen LogP contribution is -2.15. The Morgan fingerprint density at radius 3 is 3.21 bits per heavy atom. The summed E-state index contributed by atoms with van der Waals surface area (Å²) >= 11 is 0. The fraction of sp³-hybridized carbons (Fsp3) is 0.364. The molecular weight excluding hydrogens is 174 g/mol. The van der Waals surface area contributed by atoms with Crippen molar-refractivity contribution in [3.05, 3.63) is 30.1 Å². The van der Waals surface area contributed by atoms with E-state index in [2.05, 4.69) is 16.0 Å². The third kappa shape index (κ3) is 1.77. The van der Waals surface area contributed by atoms with Crippen LogP contribution < -0.4 is 5.73 Å². The molecule has 0 fully saturated rings. The Morgan fingerprint density at radius 1 is 1.57 bits per heavy atom. The molecule has 0 aromatic carbocycles. The first-order chi connectivity index (χ1) is 6.77. The van der Waals surface area contributed by atoms with Crippen molar-refractivity contribution in [1.29, 1.82) is 0 Å². The zero-order chi connectivity index (χ0) is 9.97. The number of H-pyrrole nitrogens is 1. The fourth-order valence-corrected chi connectivity index (χ4v) is 1.60. The van der Waals surface area contributed by atoms with Gasteiger partial charge in [0.15, 0.2) is 0 Å². The molecule has 3 nitrogen and oxygen atoms in total. The van der Waals surface area contributed by atoms with E-state index in [0.29, 0.717) is 0 Å². The van der Waals surface area contributed by atoms with Gasteiger partial charge in [0.25, 0.3) is 0 Å². The van der Waals surface area contributed by atoms with Gasteiger partial charge in [0, 0.05) is 23.8 Å². The summed E-state index contributed by atoms with van der Waals surface area (Å²) in [7, 11) is 0. The summed E-state index contributed by atoms with van der Waals surface area (Å²) < 4.78 is 0. The topological polar surface area (TPSA) is 54.7 Å². The minimum atomic E-state index is 0.261. The average Bonchev–Trinajstić information content (AvgIpc) is 2.58. The minimum Gasteiger partial charge on any atom is -0.346 e. The Kier molecular flexibility index (Phi) is 2.50. The SMILES string of the molecule is CC(N)CCc1c[nH]c2ncccc12. The molecule has 0 aliphatic rings. The molecule has 74 valence electrons. The van der Waals surface area contributed by atoms with E-state index in [1.54, 1.807) is 6.20 Å². The van der Waals surface area contributed by atoms with Crippen LogP contribution >= 0.6 is 0 Å². The lowest BCUT2D eigenvalue weighted by molar-refractivity contribution is 0.668. The second kappa shape index (κ2) is 3.80. The second-order valence-electron chi connectivity index (χ2n) is 3.73. The van der Waals surface area contributed by atoms with E-state index < -0.39 is 0 Å². The smallest absolute Gasteiger partial charge is 0.137 e. The van der Waals surface area contributed by atoms with Crippen LogP contribution in [0.4, 0.5) is 0 Å². The summed E-state index contributed by atoms with van der Waals surface area (Å²) in [5.41, 5.74) is 8.00. The van der Waals surface area contributed by atoms with Crippen molar-refractivity contribution >= 4 is 11.0 Å². The van der Waals surface area contributed by atoms with Crippen LogP contribution in [0, 0.1) is 0 Å². The molecule has 0 aliphatic heterocycles. The molecule has 0 amide bonds. The number of aromatic nitrogens is 2. The predicted octanol–water partition coefficient (Wildman–Crippen LogP) is 1.84. The maximum absolute atomic E-state index is 5.73. The quantitative estimate of drug-likeness (QED) is 0.774. The van der Waals surface area contributed by atoms with Crippen molar-refractivity contribution in [2.75, 3.05) is 0 Å². The number of hydrogen-bond donors (Lipinski definition) is 2. The van der Waals surface area contributed by atoms with Crippen LogP contribution in [0.3, 0.4) is 0 Å². The van der Waals surface area contributed by atoms with Crippen LogP contribution in [-0.2, 0) is 6.42 Å². The summed E-state index contributed by atoms with van der Waals surface area (Å²) in [5.74, 6) is 0. The highest BCUT2D eigenvalue weighted by atomic mass is 14.8. The average molecular weight is 189 g/mol. The Bertz CT molecular complexity index is 417. The van der Waals surface area contributed by atoms with E-state index in [1.807, 2.05) is 19.2 Å². The minimum absolute atomic E-state index is 0.261. The zero-order valence-corrected chi connectivity index (χ0v) is 8.33. The highest BCUT2D eigenvalue weighted by Gasteiger charge is 2.04. The Morgan fingerprint density at radius 2 is 2.43 bits per heavy atom. The molecule has 0 aliphatic carbocycles. The van der Waals surface area contributed by atoms with Crippen LogP contribution in [0.25, 0.3) is 11.0 Å². The third-order valence-electron chi connectivity index (χ3n) is 2.41. The summed E-state index contributed by atoms with van der Waals surface area (Å²) in [4.78, 5) is 7.40. The van der Waals surface area contributed by atoms with Gasteiger partial charge in [-0.15, -0.1) is 0 Å². The molecular formula is C11H15N3. The number of fused-ring (bicyclic) bond motifs is 1. The van der Waals surface area contributed by atoms with E-state index in [1.165, 1.54) is 10.9 Å². The maximum Gasteiger partial charge on any atom is 0.137 e. The van der Waals surface area contributed by atoms with Crippen molar-refractivity contribution in [2.45, 2.75) is 25.8 Å². The van der Waals surface area contributed by atoms with Crippen LogP contribution in [0.2, 0.25) is 0 Å². The first kappa shape index (κ1) is 9.21. The third-order valence-corrected chi connectivity index (χ3v) is 2.41. The number of aryl methyl sites for hydroxylation is 1. The first-order valence-electron chi connectivity index (χ1n) is 4.94. The van der Waals surface area contributed by atoms with Crippen LogP contribution in [0.1, 0.15) is 18.9 Å². The van der Waals surface area contributed by atoms with Gasteiger partial charge in [0.05, 0.1) is 0 Å². The molecule has 2 aromatic rings. The highest BCUT2D eigenvalue weighted by Crippen LogP contribution is 2.17. The molecule has 1 atom stereocenters. The molecule has 1 unspecified atom stereocenters. The van der Waals surface area contributed by atoms with Gasteiger partial charge in [-0.3, -0.25) is 0 Å². The highest BCUT2D eigenvalue weighted by molar-refractivity contribution is 5.79. The zero-order valence-electron chi connectivity index (χ0n) is 8.33. The van der Waals surface area contributed by atoms with Gasteiger partial charge in [0.2, 0.25) is 0 Å². The van der Waals surface area contributed by atoms with Crippen molar-refractivity contribution < 1.29 is 0 Å². The van der Waals surface area contributed by atoms with E-state index in [9.17, 15) is 0 Å². The van der Waals surface area contributed by atoms with E-state index >= 15 is 0 Å². The Labute approximate surface area is 83.3 Å². The van der Waals surface area contributed by atoms with Gasteiger partial charge in [-0.05, 0) is 37.5 Å². The fourth-order valence-electron chi connectivity index (χ4n) is 1.60. The monoisotopic (exact) mass is 189 g/mol. The summed E-state index contributed by atoms with van der Waals surface area (Å²) in [5, 5.41) is 1.22. The molecule has 0 radical (unpaired) electrons. The summed E-state index contributed by atoms with van der Waals surface area (Å²) in [6.45, 7) is 2.03. The number of aromatic amines is 1. The van der Waals surface area contributed by atoms with Gasteiger partial charge in [-0.2, -0.15) is 0 Å². The number of nitrogens with one attached hydrogen (secondary N) is 1. The van der Waals surface area contributed by atoms with E-state index in [0.717, 1.165) is 18.5 Å². The van der Waals surface area contributed by atoms with Crippen molar-refractivity contribution in [3.63, 3.8) is 0 Å². The van der Waals surface area contributed by atoms with E-state index in [4.69, 9.17) is 5.73 Å². The number of nitrogens with two attached hydrogens (primary N) is 1. The van der Waals surface area contributed by atoms with Crippen molar-refractivity contribution in [2.24, 2.45) is 5.73 Å². The summed E-state index contributed by atoms with van der Waals surface area (Å²) in [6, 6.07) is 4.32. The lowest BCUT2D eigenvalue weighted by atomic mass is 10.1. The van der Waals surface area contributed by atoms with Crippen LogP contribution in [0.5, 0.6) is 0 Å². The first-order valence-corrected chi connectivity index (χ1v) is 4.94. The number of hydrogen-bond acceptors (Lipinski definition) is 2. The predicted molar refractivity (Wildman–Crippen MR) is 58.1 cm³/mol. The van der Waals surface area contributed by atoms with Gasteiger partial charge >= 0.3 is 0 Å². The molecule has 0 saturated heterocycles. The molecule has 2 heterocycles. The lowest BCUT2D eigenvalue weighted by Gasteiger charge is -2.02. The molecule has 3 heteroatoms. The van der Waals surface area contributed by atoms with Gasteiger partial charge in [0.1, 0.15) is 5.65 Å². The van der Waals surface area contributed by atoms with Crippen LogP contribution in [-0.4, -0.2) is 16.0 Å². The van der Waals surface area contributed by atoms with Gasteiger partial charge in [-0.25, -0.2) is 4.98 Å². The standard InChI is InChI=1S/C11H15N3/c1-8(12)4-5-9-7-14-11-10(9)3-2-6-13-11/h2-3,6-8H,4-5,12H2,1H3,(H,13,14). The summed E-state index contributed by atoms with van der Waals surface area (Å²) in [6.07, 6.45) is 5.86. The molecule has 3 N–H and O–H groups in total. The van der Waals surface area contributed by atoms with Crippen LogP contribution in [0.15, 0.2) is 24.5 Å². The Balaban J connectivity index is 2.25. The molecule has 14 heavy (non-hydrogen) atoms. The van der Waals surface area contributed by atoms with Crippen molar-refractivity contribution in [3.8, 4) is 0 Å². The number of nitrogens with zero attached hydrogens (tertiary/aromatic N) is 1. The molecule has 0 bridgehead atoms. The Hall–Kier alpha value is -1.35. The van der Waals surface area contributed by atoms with Gasteiger partial charge < -0.3 is 10.7 Å². The molecule has 0 spiro atoms.